The standard InChI is InChI=1S/C21H23N3O/c22-19(12-16-13-23-20-8-4-3-7-18(16)20)21(25)24-17-10-9-14-5-1-2-6-15(14)11-17/h1-8,13,17,19,23H,9-12,22H2,(H,24,25)/t17?,19-/m0/s1. The molecule has 2 atom stereocenters. The Labute approximate surface area is 147 Å². The Morgan fingerprint density at radius 3 is 2.80 bits per heavy atom. The van der Waals surface area contributed by atoms with Gasteiger partial charge in [0.1, 0.15) is 0 Å². The highest BCUT2D eigenvalue weighted by Gasteiger charge is 2.23. The van der Waals surface area contributed by atoms with Crippen molar-refractivity contribution < 1.29 is 4.79 Å². The van der Waals surface area contributed by atoms with Gasteiger partial charge < -0.3 is 16.0 Å². The summed E-state index contributed by atoms with van der Waals surface area (Å²) in [5.41, 5.74) is 11.1. The molecule has 0 bridgehead atoms. The molecule has 1 aliphatic carbocycles. The van der Waals surface area contributed by atoms with E-state index in [1.54, 1.807) is 0 Å². The molecule has 1 unspecified atom stereocenters. The second-order valence-corrected chi connectivity index (χ2v) is 6.89. The summed E-state index contributed by atoms with van der Waals surface area (Å²) in [5.74, 6) is -0.0605. The van der Waals surface area contributed by atoms with Crippen LogP contribution in [0.15, 0.2) is 54.7 Å². The van der Waals surface area contributed by atoms with Crippen LogP contribution in [0.5, 0.6) is 0 Å². The number of aromatic nitrogens is 1. The molecule has 1 amide bonds. The van der Waals surface area contributed by atoms with Crippen molar-refractivity contribution in [3.63, 3.8) is 0 Å². The Morgan fingerprint density at radius 1 is 1.16 bits per heavy atom. The summed E-state index contributed by atoms with van der Waals surface area (Å²) in [6.45, 7) is 0. The fraction of sp³-hybridized carbons (Fsp3) is 0.286. The number of rotatable bonds is 4. The average molecular weight is 333 g/mol. The number of H-pyrrole nitrogens is 1. The highest BCUT2D eigenvalue weighted by atomic mass is 16.2. The van der Waals surface area contributed by atoms with Crippen molar-refractivity contribution in [3.8, 4) is 0 Å². The zero-order valence-corrected chi connectivity index (χ0v) is 14.2. The Bertz CT molecular complexity index is 899. The molecule has 1 aromatic heterocycles. The van der Waals surface area contributed by atoms with E-state index in [1.807, 2.05) is 24.4 Å². The number of nitrogens with two attached hydrogens (primary N) is 1. The van der Waals surface area contributed by atoms with Gasteiger partial charge in [0.15, 0.2) is 0 Å². The van der Waals surface area contributed by atoms with Crippen LogP contribution in [0.2, 0.25) is 0 Å². The van der Waals surface area contributed by atoms with Gasteiger partial charge in [0.2, 0.25) is 5.91 Å². The molecular formula is C21H23N3O. The van der Waals surface area contributed by atoms with Crippen molar-refractivity contribution in [2.24, 2.45) is 5.73 Å². The second-order valence-electron chi connectivity index (χ2n) is 6.89. The third kappa shape index (κ3) is 3.30. The second kappa shape index (κ2) is 6.73. The number of carbonyl (C=O) groups excluding carboxylic acids is 1. The Morgan fingerprint density at radius 2 is 1.92 bits per heavy atom. The zero-order chi connectivity index (χ0) is 17.2. The molecule has 4 nitrogen and oxygen atoms in total. The van der Waals surface area contributed by atoms with Crippen molar-refractivity contribution in [3.05, 3.63) is 71.4 Å². The Balaban J connectivity index is 1.40. The zero-order valence-electron chi connectivity index (χ0n) is 14.2. The van der Waals surface area contributed by atoms with E-state index in [-0.39, 0.29) is 11.9 Å². The Kier molecular flexibility index (Phi) is 4.28. The predicted molar refractivity (Wildman–Crippen MR) is 100 cm³/mol. The van der Waals surface area contributed by atoms with Gasteiger partial charge >= 0.3 is 0 Å². The van der Waals surface area contributed by atoms with Gasteiger partial charge in [-0.1, -0.05) is 42.5 Å². The summed E-state index contributed by atoms with van der Waals surface area (Å²) in [6, 6.07) is 16.2. The van der Waals surface area contributed by atoms with E-state index in [4.69, 9.17) is 5.73 Å². The van der Waals surface area contributed by atoms with Crippen LogP contribution in [-0.2, 0) is 24.1 Å². The van der Waals surface area contributed by atoms with E-state index in [0.717, 1.165) is 35.7 Å². The first-order valence-corrected chi connectivity index (χ1v) is 8.88. The maximum atomic E-state index is 12.5. The minimum Gasteiger partial charge on any atom is -0.361 e. The van der Waals surface area contributed by atoms with Gasteiger partial charge in [0.05, 0.1) is 6.04 Å². The molecule has 0 spiro atoms. The van der Waals surface area contributed by atoms with Crippen LogP contribution in [0.4, 0.5) is 0 Å². The van der Waals surface area contributed by atoms with E-state index < -0.39 is 6.04 Å². The number of fused-ring (bicyclic) bond motifs is 2. The molecule has 2 aromatic carbocycles. The maximum absolute atomic E-state index is 12.5. The van der Waals surface area contributed by atoms with Gasteiger partial charge in [-0.3, -0.25) is 4.79 Å². The third-order valence-electron chi connectivity index (χ3n) is 5.14. The van der Waals surface area contributed by atoms with Crippen LogP contribution >= 0.6 is 0 Å². The summed E-state index contributed by atoms with van der Waals surface area (Å²) in [5, 5.41) is 4.28. The van der Waals surface area contributed by atoms with Crippen molar-refractivity contribution in [2.75, 3.05) is 0 Å². The quantitative estimate of drug-likeness (QED) is 0.687. The first-order chi connectivity index (χ1) is 12.2. The number of hydrogen-bond acceptors (Lipinski definition) is 2. The summed E-state index contributed by atoms with van der Waals surface area (Å²) in [7, 11) is 0. The monoisotopic (exact) mass is 333 g/mol. The highest BCUT2D eigenvalue weighted by Crippen LogP contribution is 2.22. The van der Waals surface area contributed by atoms with Crippen molar-refractivity contribution in [1.29, 1.82) is 0 Å². The minimum atomic E-state index is -0.531. The molecule has 4 rings (SSSR count). The fourth-order valence-corrected chi connectivity index (χ4v) is 3.76. The number of nitrogens with one attached hydrogen (secondary N) is 2. The van der Waals surface area contributed by atoms with E-state index >= 15 is 0 Å². The first kappa shape index (κ1) is 15.9. The van der Waals surface area contributed by atoms with Crippen LogP contribution in [0.25, 0.3) is 10.9 Å². The number of carbonyl (C=O) groups is 1. The third-order valence-corrected chi connectivity index (χ3v) is 5.14. The number of hydrogen-bond donors (Lipinski definition) is 3. The first-order valence-electron chi connectivity index (χ1n) is 8.88. The topological polar surface area (TPSA) is 70.9 Å². The summed E-state index contributed by atoms with van der Waals surface area (Å²) >= 11 is 0. The molecule has 0 fully saturated rings. The molecule has 1 heterocycles. The van der Waals surface area contributed by atoms with Crippen LogP contribution in [0, 0.1) is 0 Å². The lowest BCUT2D eigenvalue weighted by Crippen LogP contribution is -2.48. The van der Waals surface area contributed by atoms with Gasteiger partial charge in [-0.15, -0.1) is 0 Å². The molecule has 0 aliphatic heterocycles. The molecule has 1 aliphatic rings. The lowest BCUT2D eigenvalue weighted by Gasteiger charge is -2.26. The fourth-order valence-electron chi connectivity index (χ4n) is 3.76. The van der Waals surface area contributed by atoms with Gasteiger partial charge in [-0.2, -0.15) is 0 Å². The van der Waals surface area contributed by atoms with Crippen LogP contribution in [0.3, 0.4) is 0 Å². The highest BCUT2D eigenvalue weighted by molar-refractivity contribution is 5.86. The van der Waals surface area contributed by atoms with Gasteiger partial charge in [0, 0.05) is 23.1 Å². The lowest BCUT2D eigenvalue weighted by molar-refractivity contribution is -0.123. The van der Waals surface area contributed by atoms with Gasteiger partial charge in [0.25, 0.3) is 0 Å². The normalized spacial score (nSPS) is 17.9. The van der Waals surface area contributed by atoms with E-state index in [0.29, 0.717) is 6.42 Å². The number of aromatic amines is 1. The SMILES string of the molecule is N[C@@H](Cc1c[nH]c2ccccc12)C(=O)NC1CCc2ccccc2C1. The number of benzene rings is 2. The van der Waals surface area contributed by atoms with Crippen LogP contribution in [0.1, 0.15) is 23.1 Å². The van der Waals surface area contributed by atoms with E-state index in [2.05, 4.69) is 40.6 Å². The Hall–Kier alpha value is -2.59. The van der Waals surface area contributed by atoms with Crippen LogP contribution < -0.4 is 11.1 Å². The molecule has 0 saturated heterocycles. The minimum absolute atomic E-state index is 0.0605. The molecule has 0 saturated carbocycles. The molecular weight excluding hydrogens is 310 g/mol. The molecule has 128 valence electrons. The number of amides is 1. The molecule has 25 heavy (non-hydrogen) atoms. The van der Waals surface area contributed by atoms with Crippen molar-refractivity contribution in [1.82, 2.24) is 10.3 Å². The maximum Gasteiger partial charge on any atom is 0.237 e. The van der Waals surface area contributed by atoms with E-state index in [9.17, 15) is 4.79 Å². The summed E-state index contributed by atoms with van der Waals surface area (Å²) in [4.78, 5) is 15.8. The molecule has 0 radical (unpaired) electrons. The number of para-hydroxylation sites is 1. The van der Waals surface area contributed by atoms with E-state index in [1.165, 1.54) is 11.1 Å². The van der Waals surface area contributed by atoms with Gasteiger partial charge in [-0.25, -0.2) is 0 Å². The van der Waals surface area contributed by atoms with Crippen LogP contribution in [-0.4, -0.2) is 23.0 Å². The average Bonchev–Trinajstić information content (AvgIpc) is 3.04. The summed E-state index contributed by atoms with van der Waals surface area (Å²) in [6.07, 6.45) is 5.37. The molecule has 3 aromatic rings. The smallest absolute Gasteiger partial charge is 0.237 e. The number of aryl methyl sites for hydroxylation is 1. The molecule has 4 heteroatoms. The molecule has 4 N–H and O–H groups in total. The predicted octanol–water partition coefficient (Wildman–Crippen LogP) is 2.71. The van der Waals surface area contributed by atoms with Crippen molar-refractivity contribution in [2.45, 2.75) is 37.8 Å². The van der Waals surface area contributed by atoms with Gasteiger partial charge in [-0.05, 0) is 48.4 Å². The lowest BCUT2D eigenvalue weighted by atomic mass is 9.88. The largest absolute Gasteiger partial charge is 0.361 e. The summed E-state index contributed by atoms with van der Waals surface area (Å²) < 4.78 is 0. The van der Waals surface area contributed by atoms with Crippen molar-refractivity contribution >= 4 is 16.8 Å².